The second-order valence-electron chi connectivity index (χ2n) is 3.86. The summed E-state index contributed by atoms with van der Waals surface area (Å²) in [5.74, 6) is -0.861. The van der Waals surface area contributed by atoms with Gasteiger partial charge in [-0.1, -0.05) is 0 Å². The Bertz CT molecular complexity index is 485. The van der Waals surface area contributed by atoms with Crippen molar-refractivity contribution in [3.63, 3.8) is 0 Å². The van der Waals surface area contributed by atoms with Gasteiger partial charge in [-0.2, -0.15) is 0 Å². The molecule has 0 spiro atoms. The van der Waals surface area contributed by atoms with Gasteiger partial charge in [0.05, 0.1) is 4.92 Å². The number of rotatable bonds is 3. The molecule has 0 atom stereocenters. The average Bonchev–Trinajstić information content (AvgIpc) is 2.39. The van der Waals surface area contributed by atoms with Gasteiger partial charge in [-0.3, -0.25) is 10.1 Å². The third-order valence-electron chi connectivity index (χ3n) is 2.74. The van der Waals surface area contributed by atoms with Crippen molar-refractivity contribution in [2.75, 3.05) is 31.1 Å². The highest BCUT2D eigenvalue weighted by molar-refractivity contribution is 5.93. The fraction of sp³-hybridized carbons (Fsp3) is 0.400. The monoisotopic (exact) mass is 252 g/mol. The van der Waals surface area contributed by atoms with Crippen LogP contribution in [0.2, 0.25) is 0 Å². The van der Waals surface area contributed by atoms with Gasteiger partial charge in [0.1, 0.15) is 17.6 Å². The molecule has 2 rings (SSSR count). The highest BCUT2D eigenvalue weighted by atomic mass is 16.6. The zero-order valence-corrected chi connectivity index (χ0v) is 9.50. The van der Waals surface area contributed by atoms with E-state index in [0.29, 0.717) is 18.9 Å². The largest absolute Gasteiger partial charge is 0.477 e. The Labute approximate surface area is 102 Å². The molecule has 0 saturated carbocycles. The second kappa shape index (κ2) is 4.96. The molecule has 0 aromatic carbocycles. The maximum Gasteiger partial charge on any atom is 0.342 e. The SMILES string of the molecule is O=C(O)c1cc(N2CCNCC2)ncc1[N+](=O)[O-]. The number of anilines is 1. The summed E-state index contributed by atoms with van der Waals surface area (Å²) in [7, 11) is 0. The van der Waals surface area contributed by atoms with Crippen LogP contribution in [0.15, 0.2) is 12.3 Å². The Balaban J connectivity index is 2.36. The van der Waals surface area contributed by atoms with Crippen LogP contribution >= 0.6 is 0 Å². The van der Waals surface area contributed by atoms with Crippen molar-refractivity contribution in [3.05, 3.63) is 27.9 Å². The van der Waals surface area contributed by atoms with Crippen molar-refractivity contribution in [2.24, 2.45) is 0 Å². The van der Waals surface area contributed by atoms with E-state index in [9.17, 15) is 14.9 Å². The first-order valence-electron chi connectivity index (χ1n) is 5.43. The molecule has 1 aliphatic heterocycles. The normalized spacial score (nSPS) is 15.4. The molecule has 1 fully saturated rings. The summed E-state index contributed by atoms with van der Waals surface area (Å²) in [5, 5.41) is 22.8. The number of nitrogens with zero attached hydrogens (tertiary/aromatic N) is 3. The predicted molar refractivity (Wildman–Crippen MR) is 62.9 cm³/mol. The molecule has 0 radical (unpaired) electrons. The van der Waals surface area contributed by atoms with Gasteiger partial charge in [0.25, 0.3) is 0 Å². The van der Waals surface area contributed by atoms with E-state index < -0.39 is 16.6 Å². The molecule has 1 aromatic rings. The number of carboxylic acids is 1. The summed E-state index contributed by atoms with van der Waals surface area (Å²) < 4.78 is 0. The van der Waals surface area contributed by atoms with E-state index in [-0.39, 0.29) is 5.56 Å². The first-order valence-corrected chi connectivity index (χ1v) is 5.43. The van der Waals surface area contributed by atoms with E-state index in [4.69, 9.17) is 5.11 Å². The number of nitro groups is 1. The van der Waals surface area contributed by atoms with Crippen LogP contribution in [-0.4, -0.2) is 47.2 Å². The third kappa shape index (κ3) is 2.38. The zero-order valence-electron chi connectivity index (χ0n) is 9.50. The van der Waals surface area contributed by atoms with Crippen LogP contribution < -0.4 is 10.2 Å². The smallest absolute Gasteiger partial charge is 0.342 e. The van der Waals surface area contributed by atoms with Crippen LogP contribution in [0.25, 0.3) is 0 Å². The molecule has 8 heteroatoms. The molecule has 0 amide bonds. The number of carbonyl (C=O) groups is 1. The fourth-order valence-corrected chi connectivity index (χ4v) is 1.82. The van der Waals surface area contributed by atoms with Crippen LogP contribution in [0.5, 0.6) is 0 Å². The number of carboxylic acid groups (broad SMARTS) is 1. The lowest BCUT2D eigenvalue weighted by Crippen LogP contribution is -2.43. The fourth-order valence-electron chi connectivity index (χ4n) is 1.82. The van der Waals surface area contributed by atoms with E-state index >= 15 is 0 Å². The number of aromatic nitrogens is 1. The Morgan fingerprint density at radius 2 is 2.17 bits per heavy atom. The number of hydrogen-bond donors (Lipinski definition) is 2. The minimum Gasteiger partial charge on any atom is -0.477 e. The first kappa shape index (κ1) is 12.2. The van der Waals surface area contributed by atoms with Crippen molar-refractivity contribution >= 4 is 17.5 Å². The molecule has 2 N–H and O–H groups in total. The van der Waals surface area contributed by atoms with E-state index in [1.165, 1.54) is 6.07 Å². The summed E-state index contributed by atoms with van der Waals surface area (Å²) in [6.45, 7) is 2.95. The van der Waals surface area contributed by atoms with E-state index in [0.717, 1.165) is 19.3 Å². The van der Waals surface area contributed by atoms with Gasteiger partial charge in [0, 0.05) is 32.2 Å². The van der Waals surface area contributed by atoms with E-state index in [2.05, 4.69) is 10.3 Å². The topological polar surface area (TPSA) is 109 Å². The van der Waals surface area contributed by atoms with Crippen LogP contribution in [0.1, 0.15) is 10.4 Å². The predicted octanol–water partition coefficient (Wildman–Crippen LogP) is 0.0976. The molecular formula is C10H12N4O4. The Hall–Kier alpha value is -2.22. The molecule has 1 aliphatic rings. The molecule has 8 nitrogen and oxygen atoms in total. The lowest BCUT2D eigenvalue weighted by atomic mass is 10.2. The van der Waals surface area contributed by atoms with Crippen molar-refractivity contribution < 1.29 is 14.8 Å². The lowest BCUT2D eigenvalue weighted by molar-refractivity contribution is -0.385. The number of hydrogen-bond acceptors (Lipinski definition) is 6. The number of aromatic carboxylic acids is 1. The molecule has 1 aromatic heterocycles. The summed E-state index contributed by atoms with van der Waals surface area (Å²) in [6.07, 6.45) is 1.00. The van der Waals surface area contributed by atoms with Gasteiger partial charge in [-0.15, -0.1) is 0 Å². The lowest BCUT2D eigenvalue weighted by Gasteiger charge is -2.28. The van der Waals surface area contributed by atoms with Crippen molar-refractivity contribution in [2.45, 2.75) is 0 Å². The molecule has 2 heterocycles. The van der Waals surface area contributed by atoms with E-state index in [1.807, 2.05) is 4.90 Å². The second-order valence-corrected chi connectivity index (χ2v) is 3.86. The highest BCUT2D eigenvalue weighted by Crippen LogP contribution is 2.22. The van der Waals surface area contributed by atoms with Gasteiger partial charge in [-0.25, -0.2) is 9.78 Å². The van der Waals surface area contributed by atoms with Crippen LogP contribution in [-0.2, 0) is 0 Å². The van der Waals surface area contributed by atoms with E-state index in [1.54, 1.807) is 0 Å². The maximum atomic E-state index is 11.0. The molecule has 96 valence electrons. The van der Waals surface area contributed by atoms with Gasteiger partial charge < -0.3 is 15.3 Å². The average molecular weight is 252 g/mol. The molecular weight excluding hydrogens is 240 g/mol. The van der Waals surface area contributed by atoms with Crippen molar-refractivity contribution in [3.8, 4) is 0 Å². The van der Waals surface area contributed by atoms with Crippen LogP contribution in [0.4, 0.5) is 11.5 Å². The van der Waals surface area contributed by atoms with Crippen LogP contribution in [0, 0.1) is 10.1 Å². The van der Waals surface area contributed by atoms with Crippen molar-refractivity contribution in [1.29, 1.82) is 0 Å². The van der Waals surface area contributed by atoms with Crippen LogP contribution in [0.3, 0.4) is 0 Å². The van der Waals surface area contributed by atoms with Crippen molar-refractivity contribution in [1.82, 2.24) is 10.3 Å². The highest BCUT2D eigenvalue weighted by Gasteiger charge is 2.23. The minimum atomic E-state index is -1.32. The Morgan fingerprint density at radius 1 is 1.50 bits per heavy atom. The van der Waals surface area contributed by atoms with Gasteiger partial charge >= 0.3 is 11.7 Å². The Morgan fingerprint density at radius 3 is 2.72 bits per heavy atom. The Kier molecular flexibility index (Phi) is 3.38. The van der Waals surface area contributed by atoms with Gasteiger partial charge in [0.2, 0.25) is 0 Å². The first-order chi connectivity index (χ1) is 8.59. The summed E-state index contributed by atoms with van der Waals surface area (Å²) in [6, 6.07) is 1.26. The summed E-state index contributed by atoms with van der Waals surface area (Å²) in [5.41, 5.74) is -0.815. The summed E-state index contributed by atoms with van der Waals surface area (Å²) in [4.78, 5) is 26.8. The molecule has 0 bridgehead atoms. The quantitative estimate of drug-likeness (QED) is 0.580. The third-order valence-corrected chi connectivity index (χ3v) is 2.74. The summed E-state index contributed by atoms with van der Waals surface area (Å²) >= 11 is 0. The molecule has 18 heavy (non-hydrogen) atoms. The number of nitrogens with one attached hydrogen (secondary N) is 1. The number of piperazine rings is 1. The molecule has 0 aliphatic carbocycles. The molecule has 0 unspecified atom stereocenters. The zero-order chi connectivity index (χ0) is 13.1. The number of pyridine rings is 1. The van der Waals surface area contributed by atoms with Gasteiger partial charge in [0.15, 0.2) is 0 Å². The standard InChI is InChI=1S/C10H12N4O4/c15-10(16)7-5-9(12-6-8(7)14(17)18)13-3-1-11-2-4-13/h5-6,11H,1-4H2,(H,15,16). The maximum absolute atomic E-state index is 11.0. The van der Waals surface area contributed by atoms with Gasteiger partial charge in [-0.05, 0) is 0 Å². The molecule has 1 saturated heterocycles. The minimum absolute atomic E-state index is 0.330.